The Morgan fingerprint density at radius 1 is 1.33 bits per heavy atom. The molecule has 4 heteroatoms. The van der Waals surface area contributed by atoms with Crippen molar-refractivity contribution in [2.75, 3.05) is 19.8 Å². The van der Waals surface area contributed by atoms with Crippen molar-refractivity contribution in [3.05, 3.63) is 0 Å². The van der Waals surface area contributed by atoms with E-state index in [0.717, 1.165) is 13.1 Å². The highest BCUT2D eigenvalue weighted by Crippen LogP contribution is 2.05. The molecule has 1 aliphatic rings. The maximum atomic E-state index is 7.78. The summed E-state index contributed by atoms with van der Waals surface area (Å²) in [6, 6.07) is 0. The van der Waals surface area contributed by atoms with Gasteiger partial charge < -0.3 is 0 Å². The molecule has 0 aliphatic carbocycles. The summed E-state index contributed by atoms with van der Waals surface area (Å²) < 4.78 is 0. The molecule has 1 saturated heterocycles. The monoisotopic (exact) mass is 133 g/mol. The highest BCUT2D eigenvalue weighted by atomic mass is 17.5. The van der Waals surface area contributed by atoms with Crippen molar-refractivity contribution in [3.8, 4) is 0 Å². The van der Waals surface area contributed by atoms with Crippen molar-refractivity contribution in [2.24, 2.45) is 0 Å². The van der Waals surface area contributed by atoms with Gasteiger partial charge in [0.05, 0.1) is 0 Å². The van der Waals surface area contributed by atoms with E-state index in [1.54, 1.807) is 0 Å². The van der Waals surface area contributed by atoms with Gasteiger partial charge in [0.15, 0.2) is 0 Å². The highest BCUT2D eigenvalue weighted by molar-refractivity contribution is 4.61. The van der Waals surface area contributed by atoms with E-state index in [0.29, 0.717) is 6.73 Å². The van der Waals surface area contributed by atoms with Crippen LogP contribution in [0, 0.1) is 0 Å². The minimum absolute atomic E-state index is 0.372. The van der Waals surface area contributed by atoms with Gasteiger partial charge in [-0.15, -0.1) is 0 Å². The fourth-order valence-corrected chi connectivity index (χ4v) is 1.01. The van der Waals surface area contributed by atoms with Crippen LogP contribution in [-0.4, -0.2) is 30.0 Å². The average Bonchev–Trinajstić information content (AvgIpc) is 2.34. The van der Waals surface area contributed by atoms with Crippen LogP contribution in [0.15, 0.2) is 0 Å². The largest absolute Gasteiger partial charge is 0.278 e. The second-order valence-electron chi connectivity index (χ2n) is 2.15. The van der Waals surface area contributed by atoms with E-state index in [-0.39, 0.29) is 0 Å². The number of hydrogen-bond acceptors (Lipinski definition) is 4. The van der Waals surface area contributed by atoms with E-state index in [1.165, 1.54) is 12.8 Å². The first-order valence-electron chi connectivity index (χ1n) is 3.09. The Hall–Kier alpha value is -0.160. The number of nitrogens with zero attached hydrogens (tertiary/aromatic N) is 1. The van der Waals surface area contributed by atoms with Crippen molar-refractivity contribution < 1.29 is 15.2 Å². The first kappa shape index (κ1) is 6.95. The van der Waals surface area contributed by atoms with Gasteiger partial charge in [-0.2, -0.15) is 4.89 Å². The molecule has 0 radical (unpaired) electrons. The second kappa shape index (κ2) is 3.79. The predicted octanol–water partition coefficient (Wildman–Crippen LogP) is 0.461. The molecule has 0 aromatic carbocycles. The third kappa shape index (κ3) is 2.28. The van der Waals surface area contributed by atoms with Crippen LogP contribution in [0.3, 0.4) is 0 Å². The molecule has 0 amide bonds. The molecule has 1 rings (SSSR count). The van der Waals surface area contributed by atoms with Crippen molar-refractivity contribution in [3.63, 3.8) is 0 Å². The molecule has 0 spiro atoms. The Labute approximate surface area is 53.8 Å². The summed E-state index contributed by atoms with van der Waals surface area (Å²) in [4.78, 5) is 6.36. The van der Waals surface area contributed by atoms with Crippen molar-refractivity contribution in [1.82, 2.24) is 4.90 Å². The molecule has 1 N–H and O–H groups in total. The van der Waals surface area contributed by atoms with Crippen LogP contribution in [0.5, 0.6) is 0 Å². The van der Waals surface area contributed by atoms with E-state index in [4.69, 9.17) is 5.26 Å². The average molecular weight is 133 g/mol. The standard InChI is InChI=1S/C5H11NO3/c7-9-8-5-6-3-1-2-4-6/h7H,1-5H2. The molecule has 1 fully saturated rings. The molecule has 0 saturated carbocycles. The van der Waals surface area contributed by atoms with Crippen LogP contribution < -0.4 is 0 Å². The quantitative estimate of drug-likeness (QED) is 0.448. The lowest BCUT2D eigenvalue weighted by atomic mass is 10.4. The van der Waals surface area contributed by atoms with Gasteiger partial charge in [-0.05, 0) is 12.8 Å². The molecular formula is C5H11NO3. The summed E-state index contributed by atoms with van der Waals surface area (Å²) in [6.45, 7) is 2.46. The summed E-state index contributed by atoms with van der Waals surface area (Å²) >= 11 is 0. The first-order chi connectivity index (χ1) is 4.43. The summed E-state index contributed by atoms with van der Waals surface area (Å²) in [5.74, 6) is 0. The number of likely N-dealkylation sites (tertiary alicyclic amines) is 1. The molecule has 0 bridgehead atoms. The Bertz CT molecular complexity index is 72.6. The van der Waals surface area contributed by atoms with Gasteiger partial charge in [-0.1, -0.05) is 5.04 Å². The third-order valence-electron chi connectivity index (χ3n) is 1.49. The Balaban J connectivity index is 1.98. The molecule has 0 aromatic heterocycles. The second-order valence-corrected chi connectivity index (χ2v) is 2.15. The van der Waals surface area contributed by atoms with E-state index in [1.807, 2.05) is 0 Å². The van der Waals surface area contributed by atoms with E-state index in [9.17, 15) is 0 Å². The van der Waals surface area contributed by atoms with Crippen molar-refractivity contribution >= 4 is 0 Å². The highest BCUT2D eigenvalue weighted by Gasteiger charge is 2.10. The molecule has 0 aromatic rings. The normalized spacial score (nSPS) is 21.0. The lowest BCUT2D eigenvalue weighted by molar-refractivity contribution is -0.498. The minimum atomic E-state index is 0.372. The smallest absolute Gasteiger partial charge is 0.138 e. The maximum absolute atomic E-state index is 7.78. The molecular weight excluding hydrogens is 122 g/mol. The van der Waals surface area contributed by atoms with Crippen LogP contribution in [0.2, 0.25) is 0 Å². The lowest BCUT2D eigenvalue weighted by Crippen LogP contribution is -2.22. The van der Waals surface area contributed by atoms with Crippen molar-refractivity contribution in [2.45, 2.75) is 12.8 Å². The molecule has 1 aliphatic heterocycles. The van der Waals surface area contributed by atoms with Crippen LogP contribution in [-0.2, 0) is 9.93 Å². The number of hydrogen-bond donors (Lipinski definition) is 1. The molecule has 0 unspecified atom stereocenters. The van der Waals surface area contributed by atoms with E-state index < -0.39 is 0 Å². The van der Waals surface area contributed by atoms with Gasteiger partial charge in [-0.25, -0.2) is 5.26 Å². The zero-order chi connectivity index (χ0) is 6.53. The van der Waals surface area contributed by atoms with Gasteiger partial charge in [-0.3, -0.25) is 4.90 Å². The fourth-order valence-electron chi connectivity index (χ4n) is 1.01. The van der Waals surface area contributed by atoms with E-state index >= 15 is 0 Å². The maximum Gasteiger partial charge on any atom is 0.138 e. The fraction of sp³-hybridized carbons (Fsp3) is 1.00. The molecule has 4 nitrogen and oxygen atoms in total. The summed E-state index contributed by atoms with van der Waals surface area (Å²) in [7, 11) is 0. The Morgan fingerprint density at radius 3 is 2.56 bits per heavy atom. The summed E-state index contributed by atoms with van der Waals surface area (Å²) in [6.07, 6.45) is 2.43. The lowest BCUT2D eigenvalue weighted by Gasteiger charge is -2.10. The topological polar surface area (TPSA) is 41.9 Å². The molecule has 54 valence electrons. The van der Waals surface area contributed by atoms with Gasteiger partial charge in [0.2, 0.25) is 0 Å². The zero-order valence-corrected chi connectivity index (χ0v) is 5.25. The Kier molecular flexibility index (Phi) is 2.93. The minimum Gasteiger partial charge on any atom is -0.278 e. The summed E-state index contributed by atoms with van der Waals surface area (Å²) in [5.41, 5.74) is 0. The summed E-state index contributed by atoms with van der Waals surface area (Å²) in [5, 5.41) is 11.2. The van der Waals surface area contributed by atoms with Gasteiger partial charge in [0.25, 0.3) is 0 Å². The van der Waals surface area contributed by atoms with Crippen LogP contribution in [0.1, 0.15) is 12.8 Å². The SMILES string of the molecule is OOOCN1CCCC1. The van der Waals surface area contributed by atoms with Crippen LogP contribution in [0.25, 0.3) is 0 Å². The molecule has 0 atom stereocenters. The van der Waals surface area contributed by atoms with Gasteiger partial charge >= 0.3 is 0 Å². The van der Waals surface area contributed by atoms with E-state index in [2.05, 4.69) is 14.8 Å². The zero-order valence-electron chi connectivity index (χ0n) is 5.25. The molecule has 1 heterocycles. The van der Waals surface area contributed by atoms with Gasteiger partial charge in [0, 0.05) is 13.1 Å². The van der Waals surface area contributed by atoms with Crippen molar-refractivity contribution in [1.29, 1.82) is 0 Å². The Morgan fingerprint density at radius 2 is 2.00 bits per heavy atom. The van der Waals surface area contributed by atoms with Gasteiger partial charge in [0.1, 0.15) is 6.73 Å². The predicted molar refractivity (Wildman–Crippen MR) is 30.5 cm³/mol. The van der Waals surface area contributed by atoms with Crippen LogP contribution in [0.4, 0.5) is 0 Å². The third-order valence-corrected chi connectivity index (χ3v) is 1.49. The molecule has 9 heavy (non-hydrogen) atoms. The van der Waals surface area contributed by atoms with Crippen LogP contribution >= 0.6 is 0 Å². The first-order valence-corrected chi connectivity index (χ1v) is 3.09. The number of rotatable bonds is 3.